The normalized spacial score (nSPS) is 12.6. The fraction of sp³-hybridized carbons (Fsp3) is 0.692. The van der Waals surface area contributed by atoms with Crippen LogP contribution in [0.2, 0.25) is 0 Å². The molecule has 110 valence electrons. The molecule has 1 heterocycles. The van der Waals surface area contributed by atoms with Crippen molar-refractivity contribution in [3.8, 4) is 0 Å². The van der Waals surface area contributed by atoms with E-state index in [9.17, 15) is 8.42 Å². The van der Waals surface area contributed by atoms with E-state index in [0.717, 1.165) is 30.0 Å². The maximum Gasteiger partial charge on any atom is 0.252 e. The minimum Gasteiger partial charge on any atom is -0.312 e. The van der Waals surface area contributed by atoms with Gasteiger partial charge in [0.2, 0.25) is 0 Å². The highest BCUT2D eigenvalue weighted by Crippen LogP contribution is 2.28. The fourth-order valence-corrected chi connectivity index (χ4v) is 4.70. The Morgan fingerprint density at radius 1 is 1.42 bits per heavy atom. The molecule has 0 saturated heterocycles. The number of nitrogens with zero attached hydrogens (tertiary/aromatic N) is 1. The molecule has 1 aromatic rings. The molecule has 19 heavy (non-hydrogen) atoms. The van der Waals surface area contributed by atoms with Crippen LogP contribution in [0.1, 0.15) is 37.6 Å². The summed E-state index contributed by atoms with van der Waals surface area (Å²) in [7, 11) is -1.72. The summed E-state index contributed by atoms with van der Waals surface area (Å²) in [5.41, 5.74) is 1.05. The lowest BCUT2D eigenvalue weighted by Crippen LogP contribution is -2.32. The standard InChI is InChI=1S/C13H24N2O2S2/c1-6-7-14-9-12-11(4)8-13(18-12)19(16,17)15(5)10(2)3/h8,10,14H,6-7,9H2,1-5H3. The lowest BCUT2D eigenvalue weighted by Gasteiger charge is -2.19. The summed E-state index contributed by atoms with van der Waals surface area (Å²) in [6.07, 6.45) is 1.08. The molecule has 0 bridgehead atoms. The molecule has 1 rings (SSSR count). The van der Waals surface area contributed by atoms with E-state index in [2.05, 4.69) is 12.2 Å². The summed E-state index contributed by atoms with van der Waals surface area (Å²) in [4.78, 5) is 1.10. The maximum absolute atomic E-state index is 12.4. The van der Waals surface area contributed by atoms with Crippen LogP contribution in [-0.4, -0.2) is 32.4 Å². The van der Waals surface area contributed by atoms with E-state index >= 15 is 0 Å². The van der Waals surface area contributed by atoms with Gasteiger partial charge in [-0.3, -0.25) is 0 Å². The van der Waals surface area contributed by atoms with E-state index in [1.165, 1.54) is 15.6 Å². The molecule has 4 nitrogen and oxygen atoms in total. The second-order valence-electron chi connectivity index (χ2n) is 4.96. The Hall–Kier alpha value is -0.430. The number of aryl methyl sites for hydroxylation is 1. The molecule has 0 aliphatic carbocycles. The van der Waals surface area contributed by atoms with Gasteiger partial charge in [-0.25, -0.2) is 8.42 Å². The Morgan fingerprint density at radius 3 is 2.58 bits per heavy atom. The molecule has 0 amide bonds. The van der Waals surface area contributed by atoms with E-state index in [1.807, 2.05) is 20.8 Å². The summed E-state index contributed by atoms with van der Waals surface area (Å²) in [6.45, 7) is 9.52. The Balaban J connectivity index is 2.94. The maximum atomic E-state index is 12.4. The summed E-state index contributed by atoms with van der Waals surface area (Å²) < 4.78 is 26.6. The summed E-state index contributed by atoms with van der Waals surface area (Å²) in [6, 6.07) is 1.75. The van der Waals surface area contributed by atoms with Gasteiger partial charge >= 0.3 is 0 Å². The van der Waals surface area contributed by atoms with E-state index in [4.69, 9.17) is 0 Å². The number of sulfonamides is 1. The first-order chi connectivity index (χ1) is 8.80. The largest absolute Gasteiger partial charge is 0.312 e. The predicted octanol–water partition coefficient (Wildman–Crippen LogP) is 2.59. The Kier molecular flexibility index (Phi) is 5.98. The van der Waals surface area contributed by atoms with Crippen molar-refractivity contribution in [2.24, 2.45) is 0 Å². The molecule has 1 aromatic heterocycles. The lowest BCUT2D eigenvalue weighted by molar-refractivity contribution is 0.412. The van der Waals surface area contributed by atoms with Crippen molar-refractivity contribution in [3.05, 3.63) is 16.5 Å². The summed E-state index contributed by atoms with van der Waals surface area (Å²) in [5.74, 6) is 0. The molecular weight excluding hydrogens is 280 g/mol. The Morgan fingerprint density at radius 2 is 2.05 bits per heavy atom. The molecule has 6 heteroatoms. The third-order valence-corrected chi connectivity index (χ3v) is 6.79. The van der Waals surface area contributed by atoms with E-state index in [0.29, 0.717) is 4.21 Å². The van der Waals surface area contributed by atoms with Crippen molar-refractivity contribution in [3.63, 3.8) is 0 Å². The first kappa shape index (κ1) is 16.6. The van der Waals surface area contributed by atoms with Crippen LogP contribution in [0.15, 0.2) is 10.3 Å². The number of nitrogens with one attached hydrogen (secondary N) is 1. The van der Waals surface area contributed by atoms with Crippen molar-refractivity contribution >= 4 is 21.4 Å². The van der Waals surface area contributed by atoms with Gasteiger partial charge in [0.15, 0.2) is 0 Å². The Bertz CT molecular complexity index is 507. The summed E-state index contributed by atoms with van der Waals surface area (Å²) in [5, 5.41) is 3.31. The van der Waals surface area contributed by atoms with Crippen LogP contribution in [0.25, 0.3) is 0 Å². The van der Waals surface area contributed by atoms with Crippen LogP contribution >= 0.6 is 11.3 Å². The molecule has 0 saturated carbocycles. The molecular formula is C13H24N2O2S2. The Labute approximate surface area is 120 Å². The van der Waals surface area contributed by atoms with Crippen LogP contribution in [-0.2, 0) is 16.6 Å². The lowest BCUT2D eigenvalue weighted by atomic mass is 10.3. The second-order valence-corrected chi connectivity index (χ2v) is 8.32. The van der Waals surface area contributed by atoms with Crippen molar-refractivity contribution in [1.82, 2.24) is 9.62 Å². The third-order valence-electron chi connectivity index (χ3n) is 3.07. The van der Waals surface area contributed by atoms with Crippen LogP contribution < -0.4 is 5.32 Å². The zero-order valence-corrected chi connectivity index (χ0v) is 14.0. The van der Waals surface area contributed by atoms with Crippen LogP contribution in [0.3, 0.4) is 0 Å². The van der Waals surface area contributed by atoms with Crippen molar-refractivity contribution < 1.29 is 8.42 Å². The molecule has 0 spiro atoms. The van der Waals surface area contributed by atoms with Gasteiger partial charge in [-0.1, -0.05) is 6.92 Å². The first-order valence-electron chi connectivity index (χ1n) is 6.58. The van der Waals surface area contributed by atoms with Crippen molar-refractivity contribution in [2.75, 3.05) is 13.6 Å². The van der Waals surface area contributed by atoms with Gasteiger partial charge in [0, 0.05) is 24.5 Å². The number of hydrogen-bond donors (Lipinski definition) is 1. The van der Waals surface area contributed by atoms with Gasteiger partial charge in [-0.2, -0.15) is 4.31 Å². The fourth-order valence-electron chi connectivity index (χ4n) is 1.59. The van der Waals surface area contributed by atoms with E-state index in [-0.39, 0.29) is 6.04 Å². The molecule has 0 aliphatic rings. The van der Waals surface area contributed by atoms with Crippen LogP contribution in [0, 0.1) is 6.92 Å². The van der Waals surface area contributed by atoms with Crippen LogP contribution in [0.5, 0.6) is 0 Å². The average Bonchev–Trinajstić information content (AvgIpc) is 2.71. The average molecular weight is 304 g/mol. The minimum absolute atomic E-state index is 0.0333. The van der Waals surface area contributed by atoms with E-state index in [1.54, 1.807) is 13.1 Å². The first-order valence-corrected chi connectivity index (χ1v) is 8.84. The monoisotopic (exact) mass is 304 g/mol. The molecule has 0 fully saturated rings. The quantitative estimate of drug-likeness (QED) is 0.788. The molecule has 0 radical (unpaired) electrons. The smallest absolute Gasteiger partial charge is 0.252 e. The van der Waals surface area contributed by atoms with Crippen LogP contribution in [0.4, 0.5) is 0 Å². The number of hydrogen-bond acceptors (Lipinski definition) is 4. The van der Waals surface area contributed by atoms with Gasteiger partial charge in [0.1, 0.15) is 4.21 Å². The van der Waals surface area contributed by atoms with Gasteiger partial charge in [0.05, 0.1) is 0 Å². The molecule has 0 aliphatic heterocycles. The molecule has 0 aromatic carbocycles. The van der Waals surface area contributed by atoms with Gasteiger partial charge in [-0.05, 0) is 45.4 Å². The highest BCUT2D eigenvalue weighted by atomic mass is 32.2. The molecule has 1 N–H and O–H groups in total. The van der Waals surface area contributed by atoms with Gasteiger partial charge in [-0.15, -0.1) is 11.3 Å². The van der Waals surface area contributed by atoms with Crippen molar-refractivity contribution in [1.29, 1.82) is 0 Å². The second kappa shape index (κ2) is 6.83. The van der Waals surface area contributed by atoms with Crippen molar-refractivity contribution in [2.45, 2.75) is 50.9 Å². The minimum atomic E-state index is -3.35. The zero-order valence-electron chi connectivity index (χ0n) is 12.4. The number of thiophene rings is 1. The third kappa shape index (κ3) is 4.02. The molecule has 0 atom stereocenters. The number of rotatable bonds is 7. The topological polar surface area (TPSA) is 49.4 Å². The molecule has 0 unspecified atom stereocenters. The zero-order chi connectivity index (χ0) is 14.6. The highest BCUT2D eigenvalue weighted by molar-refractivity contribution is 7.91. The van der Waals surface area contributed by atoms with E-state index < -0.39 is 10.0 Å². The van der Waals surface area contributed by atoms with Gasteiger partial charge in [0.25, 0.3) is 10.0 Å². The van der Waals surface area contributed by atoms with Gasteiger partial charge < -0.3 is 5.32 Å². The SMILES string of the molecule is CCCNCc1sc(S(=O)(=O)N(C)C(C)C)cc1C. The predicted molar refractivity (Wildman–Crippen MR) is 81.1 cm³/mol. The summed E-state index contributed by atoms with van der Waals surface area (Å²) >= 11 is 1.37. The highest BCUT2D eigenvalue weighted by Gasteiger charge is 2.25.